The van der Waals surface area contributed by atoms with Crippen LogP contribution in [0, 0.1) is 0 Å². The minimum absolute atomic E-state index is 0.0648. The number of hydrogen-bond acceptors (Lipinski definition) is 2. The van der Waals surface area contributed by atoms with Gasteiger partial charge in [0.2, 0.25) is 0 Å². The molecule has 0 aromatic heterocycles. The van der Waals surface area contributed by atoms with Crippen LogP contribution in [-0.2, 0) is 0 Å². The SMILES string of the molecule is CO.OC1CCC1. The third-order valence-electron chi connectivity index (χ3n) is 1.07. The van der Waals surface area contributed by atoms with Crippen LogP contribution in [0.15, 0.2) is 0 Å². The molecule has 0 atom stereocenters. The van der Waals surface area contributed by atoms with Gasteiger partial charge >= 0.3 is 0 Å². The Balaban J connectivity index is 0.000000162. The molecule has 2 nitrogen and oxygen atoms in total. The molecule has 0 spiro atoms. The molecule has 2 N–H and O–H groups in total. The van der Waals surface area contributed by atoms with Gasteiger partial charge in [0.1, 0.15) is 0 Å². The van der Waals surface area contributed by atoms with Crippen LogP contribution >= 0.6 is 0 Å². The van der Waals surface area contributed by atoms with Gasteiger partial charge in [-0.05, 0) is 19.3 Å². The van der Waals surface area contributed by atoms with Gasteiger partial charge in [-0.2, -0.15) is 0 Å². The summed E-state index contributed by atoms with van der Waals surface area (Å²) < 4.78 is 0. The quantitative estimate of drug-likeness (QED) is 0.459. The minimum atomic E-state index is 0.0648. The first-order chi connectivity index (χ1) is 3.39. The lowest BCUT2D eigenvalue weighted by atomic mass is 9.97. The first kappa shape index (κ1) is 6.92. The van der Waals surface area contributed by atoms with Crippen molar-refractivity contribution in [2.75, 3.05) is 7.11 Å². The molecule has 0 aromatic rings. The molecule has 0 radical (unpaired) electrons. The summed E-state index contributed by atoms with van der Waals surface area (Å²) in [5.41, 5.74) is 0. The molecule has 1 aliphatic carbocycles. The lowest BCUT2D eigenvalue weighted by molar-refractivity contribution is 0.0950. The fourth-order valence-electron chi connectivity index (χ4n) is 0.387. The van der Waals surface area contributed by atoms with E-state index in [1.54, 1.807) is 0 Å². The average Bonchev–Trinajstić information content (AvgIpc) is 1.68. The normalized spacial score (nSPS) is 19.3. The van der Waals surface area contributed by atoms with Gasteiger partial charge in [-0.1, -0.05) is 0 Å². The lowest BCUT2D eigenvalue weighted by Gasteiger charge is -2.17. The molecule has 1 fully saturated rings. The van der Waals surface area contributed by atoms with E-state index in [1.807, 2.05) is 0 Å². The predicted molar refractivity (Wildman–Crippen MR) is 28.0 cm³/mol. The summed E-state index contributed by atoms with van der Waals surface area (Å²) >= 11 is 0. The van der Waals surface area contributed by atoms with Crippen LogP contribution in [0.3, 0.4) is 0 Å². The van der Waals surface area contributed by atoms with E-state index in [2.05, 4.69) is 0 Å². The molecule has 0 amide bonds. The van der Waals surface area contributed by atoms with E-state index in [-0.39, 0.29) is 6.10 Å². The Labute approximate surface area is 43.8 Å². The van der Waals surface area contributed by atoms with Crippen LogP contribution in [0.1, 0.15) is 19.3 Å². The van der Waals surface area contributed by atoms with Crippen molar-refractivity contribution in [3.05, 3.63) is 0 Å². The first-order valence-electron chi connectivity index (χ1n) is 2.52. The second kappa shape index (κ2) is 4.09. The zero-order valence-electron chi connectivity index (χ0n) is 4.59. The summed E-state index contributed by atoms with van der Waals surface area (Å²) in [6.07, 6.45) is 3.39. The minimum Gasteiger partial charge on any atom is -0.400 e. The van der Waals surface area contributed by atoms with Gasteiger partial charge < -0.3 is 10.2 Å². The van der Waals surface area contributed by atoms with E-state index >= 15 is 0 Å². The van der Waals surface area contributed by atoms with Crippen molar-refractivity contribution in [3.8, 4) is 0 Å². The van der Waals surface area contributed by atoms with Crippen molar-refractivity contribution in [1.29, 1.82) is 0 Å². The second-order valence-electron chi connectivity index (χ2n) is 1.58. The van der Waals surface area contributed by atoms with Crippen LogP contribution in [0.25, 0.3) is 0 Å². The number of aliphatic hydroxyl groups excluding tert-OH is 2. The van der Waals surface area contributed by atoms with Gasteiger partial charge in [0.05, 0.1) is 6.10 Å². The van der Waals surface area contributed by atoms with Crippen molar-refractivity contribution in [3.63, 3.8) is 0 Å². The maximum atomic E-state index is 8.45. The maximum Gasteiger partial charge on any atom is 0.0540 e. The topological polar surface area (TPSA) is 40.5 Å². The summed E-state index contributed by atoms with van der Waals surface area (Å²) in [5, 5.41) is 15.4. The van der Waals surface area contributed by atoms with E-state index in [4.69, 9.17) is 10.2 Å². The number of aliphatic hydroxyl groups is 2. The van der Waals surface area contributed by atoms with Gasteiger partial charge in [0.25, 0.3) is 0 Å². The third kappa shape index (κ3) is 2.60. The van der Waals surface area contributed by atoms with Gasteiger partial charge in [-0.3, -0.25) is 0 Å². The standard InChI is InChI=1S/C4H8O.CH4O/c5-4-2-1-3-4;1-2/h4-5H,1-3H2;2H,1H3. The predicted octanol–water partition coefficient (Wildman–Crippen LogP) is 0.140. The van der Waals surface area contributed by atoms with Crippen molar-refractivity contribution >= 4 is 0 Å². The molecule has 7 heavy (non-hydrogen) atoms. The highest BCUT2D eigenvalue weighted by Crippen LogP contribution is 2.16. The van der Waals surface area contributed by atoms with Crippen LogP contribution in [0.2, 0.25) is 0 Å². The van der Waals surface area contributed by atoms with Crippen molar-refractivity contribution in [2.24, 2.45) is 0 Å². The van der Waals surface area contributed by atoms with Crippen LogP contribution in [0.4, 0.5) is 0 Å². The van der Waals surface area contributed by atoms with Crippen LogP contribution in [0.5, 0.6) is 0 Å². The number of rotatable bonds is 0. The lowest BCUT2D eigenvalue weighted by Crippen LogP contribution is -2.15. The van der Waals surface area contributed by atoms with E-state index in [0.717, 1.165) is 20.0 Å². The van der Waals surface area contributed by atoms with Gasteiger partial charge in [-0.15, -0.1) is 0 Å². The molecule has 44 valence electrons. The van der Waals surface area contributed by atoms with E-state index < -0.39 is 0 Å². The summed E-state index contributed by atoms with van der Waals surface area (Å²) in [7, 11) is 1.00. The smallest absolute Gasteiger partial charge is 0.0540 e. The molecule has 0 bridgehead atoms. The zero-order chi connectivity index (χ0) is 5.70. The molecule has 1 aliphatic rings. The van der Waals surface area contributed by atoms with Gasteiger partial charge in [0, 0.05) is 7.11 Å². The monoisotopic (exact) mass is 104 g/mol. The largest absolute Gasteiger partial charge is 0.400 e. The molecule has 1 saturated carbocycles. The summed E-state index contributed by atoms with van der Waals surface area (Å²) in [5.74, 6) is 0. The van der Waals surface area contributed by atoms with E-state index in [1.165, 1.54) is 6.42 Å². The fourth-order valence-corrected chi connectivity index (χ4v) is 0.387. The fraction of sp³-hybridized carbons (Fsp3) is 1.00. The van der Waals surface area contributed by atoms with Crippen molar-refractivity contribution in [2.45, 2.75) is 25.4 Å². The van der Waals surface area contributed by atoms with Crippen LogP contribution < -0.4 is 0 Å². The highest BCUT2D eigenvalue weighted by Gasteiger charge is 2.11. The third-order valence-corrected chi connectivity index (χ3v) is 1.07. The highest BCUT2D eigenvalue weighted by atomic mass is 16.3. The molecular weight excluding hydrogens is 92.1 g/mol. The Bertz CT molecular complexity index is 33.1. The Morgan fingerprint density at radius 3 is 1.57 bits per heavy atom. The van der Waals surface area contributed by atoms with Gasteiger partial charge in [0.15, 0.2) is 0 Å². The summed E-state index contributed by atoms with van der Waals surface area (Å²) in [6.45, 7) is 0. The molecule has 2 heteroatoms. The second-order valence-corrected chi connectivity index (χ2v) is 1.58. The van der Waals surface area contributed by atoms with Crippen molar-refractivity contribution in [1.82, 2.24) is 0 Å². The first-order valence-corrected chi connectivity index (χ1v) is 2.52. The summed E-state index contributed by atoms with van der Waals surface area (Å²) in [6, 6.07) is 0. The Morgan fingerprint density at radius 2 is 1.57 bits per heavy atom. The number of hydrogen-bond donors (Lipinski definition) is 2. The van der Waals surface area contributed by atoms with Gasteiger partial charge in [-0.25, -0.2) is 0 Å². The highest BCUT2D eigenvalue weighted by molar-refractivity contribution is 4.65. The molecule has 0 saturated heterocycles. The molecule has 1 rings (SSSR count). The molecule has 0 heterocycles. The molecule has 0 aliphatic heterocycles. The Morgan fingerprint density at radius 1 is 1.29 bits per heavy atom. The molecule has 0 aromatic carbocycles. The Kier molecular flexibility index (Phi) is 4.04. The van der Waals surface area contributed by atoms with E-state index in [9.17, 15) is 0 Å². The maximum absolute atomic E-state index is 8.45. The molecular formula is C5H12O2. The average molecular weight is 104 g/mol. The molecule has 0 unspecified atom stereocenters. The Hall–Kier alpha value is -0.0800. The van der Waals surface area contributed by atoms with Crippen molar-refractivity contribution < 1.29 is 10.2 Å². The summed E-state index contributed by atoms with van der Waals surface area (Å²) in [4.78, 5) is 0. The van der Waals surface area contributed by atoms with Crippen LogP contribution in [-0.4, -0.2) is 23.4 Å². The zero-order valence-corrected chi connectivity index (χ0v) is 4.59. The van der Waals surface area contributed by atoms with E-state index in [0.29, 0.717) is 0 Å².